The van der Waals surface area contributed by atoms with Crippen molar-refractivity contribution in [1.29, 1.82) is 0 Å². The molecule has 1 aromatic rings. The van der Waals surface area contributed by atoms with Crippen molar-refractivity contribution in [3.05, 3.63) is 22.8 Å². The molecule has 4 heteroatoms. The first kappa shape index (κ1) is 12.7. The van der Waals surface area contributed by atoms with Gasteiger partial charge in [-0.2, -0.15) is 0 Å². The van der Waals surface area contributed by atoms with Gasteiger partial charge in [0, 0.05) is 25.8 Å². The van der Waals surface area contributed by atoms with E-state index in [1.165, 1.54) is 12.8 Å². The topological polar surface area (TPSA) is 28.2 Å². The molecule has 2 rings (SSSR count). The van der Waals surface area contributed by atoms with Crippen molar-refractivity contribution in [3.8, 4) is 0 Å². The van der Waals surface area contributed by atoms with Gasteiger partial charge in [-0.1, -0.05) is 18.5 Å². The number of hydrogen-bond donors (Lipinski definition) is 1. The van der Waals surface area contributed by atoms with Crippen molar-refractivity contribution < 1.29 is 0 Å². The minimum absolute atomic E-state index is 0.780. The van der Waals surface area contributed by atoms with E-state index in [4.69, 9.17) is 11.6 Å². The highest BCUT2D eigenvalue weighted by Gasteiger charge is 2.16. The molecule has 0 bridgehead atoms. The zero-order chi connectivity index (χ0) is 12.1. The van der Waals surface area contributed by atoms with Gasteiger partial charge in [0.1, 0.15) is 5.82 Å². The fourth-order valence-corrected chi connectivity index (χ4v) is 2.45. The second-order valence-electron chi connectivity index (χ2n) is 4.52. The summed E-state index contributed by atoms with van der Waals surface area (Å²) >= 11 is 6.29. The van der Waals surface area contributed by atoms with Crippen LogP contribution in [0.1, 0.15) is 31.7 Å². The lowest BCUT2D eigenvalue weighted by Gasteiger charge is -2.18. The van der Waals surface area contributed by atoms with E-state index in [-0.39, 0.29) is 0 Å². The highest BCUT2D eigenvalue weighted by molar-refractivity contribution is 6.33. The lowest BCUT2D eigenvalue weighted by Crippen LogP contribution is -2.20. The summed E-state index contributed by atoms with van der Waals surface area (Å²) < 4.78 is 0. The molecule has 0 aliphatic carbocycles. The molecule has 0 saturated carbocycles. The number of nitrogens with zero attached hydrogens (tertiary/aromatic N) is 2. The van der Waals surface area contributed by atoms with Gasteiger partial charge in [-0.3, -0.25) is 0 Å². The zero-order valence-electron chi connectivity index (χ0n) is 10.4. The van der Waals surface area contributed by atoms with Crippen LogP contribution < -0.4 is 10.2 Å². The Labute approximate surface area is 108 Å². The quantitative estimate of drug-likeness (QED) is 0.818. The molecule has 0 radical (unpaired) electrons. The van der Waals surface area contributed by atoms with Crippen molar-refractivity contribution >= 4 is 17.4 Å². The maximum Gasteiger partial charge on any atom is 0.147 e. The van der Waals surface area contributed by atoms with Crippen LogP contribution in [0.2, 0.25) is 5.02 Å². The fraction of sp³-hybridized carbons (Fsp3) is 0.615. The highest BCUT2D eigenvalue weighted by atomic mass is 35.5. The molecule has 1 fully saturated rings. The monoisotopic (exact) mass is 253 g/mol. The molecular formula is C13H20ClN3. The first-order valence-corrected chi connectivity index (χ1v) is 6.79. The van der Waals surface area contributed by atoms with Crippen LogP contribution in [-0.2, 0) is 6.54 Å². The van der Waals surface area contributed by atoms with Gasteiger partial charge in [0.05, 0.1) is 5.02 Å². The van der Waals surface area contributed by atoms with Crippen LogP contribution in [0.4, 0.5) is 5.82 Å². The number of rotatable bonds is 5. The molecule has 1 aliphatic heterocycles. The van der Waals surface area contributed by atoms with E-state index in [1.54, 1.807) is 0 Å². The number of pyridine rings is 1. The van der Waals surface area contributed by atoms with Crippen molar-refractivity contribution in [1.82, 2.24) is 10.3 Å². The molecule has 94 valence electrons. The largest absolute Gasteiger partial charge is 0.355 e. The Kier molecular flexibility index (Phi) is 4.63. The lowest BCUT2D eigenvalue weighted by molar-refractivity contribution is 0.674. The summed E-state index contributed by atoms with van der Waals surface area (Å²) in [4.78, 5) is 6.76. The summed E-state index contributed by atoms with van der Waals surface area (Å²) in [5.41, 5.74) is 1.16. The van der Waals surface area contributed by atoms with Gasteiger partial charge in [0.25, 0.3) is 0 Å². The zero-order valence-corrected chi connectivity index (χ0v) is 11.1. The first-order valence-electron chi connectivity index (χ1n) is 6.41. The van der Waals surface area contributed by atoms with Crippen LogP contribution in [0.15, 0.2) is 12.3 Å². The van der Waals surface area contributed by atoms with E-state index in [9.17, 15) is 0 Å². The van der Waals surface area contributed by atoms with E-state index in [2.05, 4.69) is 22.1 Å². The summed E-state index contributed by atoms with van der Waals surface area (Å²) in [6.45, 7) is 6.21. The third-order valence-electron chi connectivity index (χ3n) is 3.04. The lowest BCUT2D eigenvalue weighted by atomic mass is 10.2. The van der Waals surface area contributed by atoms with E-state index in [0.29, 0.717) is 0 Å². The number of nitrogens with one attached hydrogen (secondary N) is 1. The Hall–Kier alpha value is -0.800. The average molecular weight is 254 g/mol. The van der Waals surface area contributed by atoms with Crippen LogP contribution in [-0.4, -0.2) is 24.6 Å². The molecule has 0 unspecified atom stereocenters. The second kappa shape index (κ2) is 6.22. The number of aromatic nitrogens is 1. The average Bonchev–Trinajstić information content (AvgIpc) is 2.83. The second-order valence-corrected chi connectivity index (χ2v) is 4.93. The number of hydrogen-bond acceptors (Lipinski definition) is 3. The molecular weight excluding hydrogens is 234 g/mol. The van der Waals surface area contributed by atoms with Gasteiger partial charge >= 0.3 is 0 Å². The first-order chi connectivity index (χ1) is 8.31. The Morgan fingerprint density at radius 1 is 1.41 bits per heavy atom. The van der Waals surface area contributed by atoms with Crippen molar-refractivity contribution in [2.45, 2.75) is 32.7 Å². The predicted molar refractivity (Wildman–Crippen MR) is 72.7 cm³/mol. The number of halogens is 1. The molecule has 1 N–H and O–H groups in total. The van der Waals surface area contributed by atoms with Gasteiger partial charge in [0.15, 0.2) is 0 Å². The predicted octanol–water partition coefficient (Wildman–Crippen LogP) is 2.83. The van der Waals surface area contributed by atoms with Gasteiger partial charge in [-0.25, -0.2) is 4.98 Å². The van der Waals surface area contributed by atoms with Gasteiger partial charge in [-0.05, 0) is 37.4 Å². The minimum Gasteiger partial charge on any atom is -0.355 e. The van der Waals surface area contributed by atoms with Crippen molar-refractivity contribution in [2.75, 3.05) is 24.5 Å². The molecule has 0 atom stereocenters. The van der Waals surface area contributed by atoms with E-state index in [1.807, 2.05) is 12.3 Å². The normalized spacial score (nSPS) is 15.5. The van der Waals surface area contributed by atoms with Crippen LogP contribution in [0.25, 0.3) is 0 Å². The Morgan fingerprint density at radius 2 is 2.18 bits per heavy atom. The summed E-state index contributed by atoms with van der Waals surface area (Å²) in [6, 6.07) is 2.03. The maximum atomic E-state index is 6.29. The molecule has 0 spiro atoms. The summed E-state index contributed by atoms with van der Waals surface area (Å²) in [5.74, 6) is 0.948. The maximum absolute atomic E-state index is 6.29. The molecule has 3 nitrogen and oxygen atoms in total. The molecule has 0 aromatic carbocycles. The molecule has 2 heterocycles. The fourth-order valence-electron chi connectivity index (χ4n) is 2.14. The van der Waals surface area contributed by atoms with Crippen molar-refractivity contribution in [2.24, 2.45) is 0 Å². The third kappa shape index (κ3) is 3.33. The van der Waals surface area contributed by atoms with Crippen LogP contribution in [0.3, 0.4) is 0 Å². The van der Waals surface area contributed by atoms with Crippen molar-refractivity contribution in [3.63, 3.8) is 0 Å². The smallest absolute Gasteiger partial charge is 0.147 e. The third-order valence-corrected chi connectivity index (χ3v) is 3.32. The van der Waals surface area contributed by atoms with E-state index in [0.717, 1.165) is 49.0 Å². The van der Waals surface area contributed by atoms with Gasteiger partial charge in [0.2, 0.25) is 0 Å². The Morgan fingerprint density at radius 3 is 2.82 bits per heavy atom. The molecule has 1 aromatic heterocycles. The summed E-state index contributed by atoms with van der Waals surface area (Å²) in [6.07, 6.45) is 5.57. The standard InChI is InChI=1S/C13H20ClN3/c1-2-5-15-9-11-8-12(14)13(16-10-11)17-6-3-4-7-17/h8,10,15H,2-7,9H2,1H3. The summed E-state index contributed by atoms with van der Waals surface area (Å²) in [5, 5.41) is 4.14. The van der Waals surface area contributed by atoms with Gasteiger partial charge < -0.3 is 10.2 Å². The van der Waals surface area contributed by atoms with Crippen LogP contribution in [0, 0.1) is 0 Å². The molecule has 17 heavy (non-hydrogen) atoms. The van der Waals surface area contributed by atoms with E-state index >= 15 is 0 Å². The van der Waals surface area contributed by atoms with E-state index < -0.39 is 0 Å². The molecule has 0 amide bonds. The molecule has 1 saturated heterocycles. The SMILES string of the molecule is CCCNCc1cnc(N2CCCC2)c(Cl)c1. The Balaban J connectivity index is 2.00. The number of anilines is 1. The van der Waals surface area contributed by atoms with Gasteiger partial charge in [-0.15, -0.1) is 0 Å². The van der Waals surface area contributed by atoms with Crippen LogP contribution >= 0.6 is 11.6 Å². The van der Waals surface area contributed by atoms with Crippen LogP contribution in [0.5, 0.6) is 0 Å². The molecule has 1 aliphatic rings. The summed E-state index contributed by atoms with van der Waals surface area (Å²) in [7, 11) is 0. The highest BCUT2D eigenvalue weighted by Crippen LogP contribution is 2.26. The minimum atomic E-state index is 0.780. The Bertz CT molecular complexity index is 362.